The Bertz CT molecular complexity index is 561. The van der Waals surface area contributed by atoms with Gasteiger partial charge in [0.2, 0.25) is 0 Å². The van der Waals surface area contributed by atoms with Crippen LogP contribution in [0.5, 0.6) is 0 Å². The van der Waals surface area contributed by atoms with E-state index in [2.05, 4.69) is 49.0 Å². The number of nitrogens with zero attached hydrogens (tertiary/aromatic N) is 2. The van der Waals surface area contributed by atoms with E-state index in [1.165, 1.54) is 16.0 Å². The summed E-state index contributed by atoms with van der Waals surface area (Å²) in [4.78, 5) is 1.40. The molecule has 4 heteroatoms. The highest BCUT2D eigenvalue weighted by molar-refractivity contribution is 5.82. The van der Waals surface area contributed by atoms with E-state index in [4.69, 9.17) is 4.74 Å². The summed E-state index contributed by atoms with van der Waals surface area (Å²) in [5.74, 6) is 0. The highest BCUT2D eigenvalue weighted by Gasteiger charge is 2.32. The highest BCUT2D eigenvalue weighted by atomic mass is 16.5. The molecule has 3 rings (SSSR count). The topological polar surface area (TPSA) is 31.5 Å². The lowest BCUT2D eigenvalue weighted by Crippen LogP contribution is -3.10. The molecule has 0 bridgehead atoms. The predicted octanol–water partition coefficient (Wildman–Crippen LogP) is 0.641. The third-order valence-corrected chi connectivity index (χ3v) is 3.92. The number of ether oxygens (including phenoxy) is 1. The van der Waals surface area contributed by atoms with E-state index in [-0.39, 0.29) is 6.10 Å². The smallest absolute Gasteiger partial charge is 0.151 e. The van der Waals surface area contributed by atoms with E-state index >= 15 is 0 Å². The molecule has 0 aliphatic carbocycles. The molecular weight excluding hydrogens is 226 g/mol. The van der Waals surface area contributed by atoms with Gasteiger partial charge in [0.25, 0.3) is 0 Å². The van der Waals surface area contributed by atoms with Crippen molar-refractivity contribution in [3.05, 3.63) is 30.0 Å². The summed E-state index contributed by atoms with van der Waals surface area (Å²) < 4.78 is 8.14. The van der Waals surface area contributed by atoms with Crippen molar-refractivity contribution < 1.29 is 9.64 Å². The summed E-state index contributed by atoms with van der Waals surface area (Å²) in [5.41, 5.74) is 2.31. The van der Waals surface area contributed by atoms with Gasteiger partial charge < -0.3 is 9.64 Å². The van der Waals surface area contributed by atoms with Gasteiger partial charge >= 0.3 is 0 Å². The van der Waals surface area contributed by atoms with E-state index in [0.29, 0.717) is 6.04 Å². The Morgan fingerprint density at radius 3 is 2.94 bits per heavy atom. The first-order valence-corrected chi connectivity index (χ1v) is 6.55. The zero-order valence-electron chi connectivity index (χ0n) is 11.2. The average molecular weight is 246 g/mol. The number of benzene rings is 1. The molecule has 0 saturated carbocycles. The molecule has 2 aromatic rings. The molecule has 0 radical (unpaired) electrons. The fourth-order valence-electron chi connectivity index (χ4n) is 2.60. The number of hydrogen-bond acceptors (Lipinski definition) is 2. The van der Waals surface area contributed by atoms with Crippen molar-refractivity contribution in [1.82, 2.24) is 9.78 Å². The van der Waals surface area contributed by atoms with Crippen molar-refractivity contribution in [3.63, 3.8) is 0 Å². The van der Waals surface area contributed by atoms with Gasteiger partial charge in [0.1, 0.15) is 6.04 Å². The molecule has 1 N–H and O–H groups in total. The second kappa shape index (κ2) is 4.37. The van der Waals surface area contributed by atoms with Crippen LogP contribution >= 0.6 is 0 Å². The minimum Gasteiger partial charge on any atom is -0.364 e. The fourth-order valence-corrected chi connectivity index (χ4v) is 2.60. The van der Waals surface area contributed by atoms with Crippen molar-refractivity contribution >= 4 is 10.9 Å². The van der Waals surface area contributed by atoms with Gasteiger partial charge in [-0.25, -0.2) is 0 Å². The first-order valence-electron chi connectivity index (χ1n) is 6.55. The van der Waals surface area contributed by atoms with Gasteiger partial charge in [-0.05, 0) is 13.0 Å². The Labute approximate surface area is 107 Å². The van der Waals surface area contributed by atoms with E-state index in [9.17, 15) is 0 Å². The Balaban J connectivity index is 2.14. The molecule has 2 atom stereocenters. The molecule has 18 heavy (non-hydrogen) atoms. The normalized spacial score (nSPS) is 21.2. The lowest BCUT2D eigenvalue weighted by molar-refractivity contribution is -0.888. The Hall–Kier alpha value is -1.39. The predicted molar refractivity (Wildman–Crippen MR) is 70.7 cm³/mol. The minimum absolute atomic E-state index is 0.135. The van der Waals surface area contributed by atoms with Gasteiger partial charge in [0.05, 0.1) is 38.5 Å². The molecule has 0 unspecified atom stereocenters. The summed E-state index contributed by atoms with van der Waals surface area (Å²) in [6.07, 6.45) is 0.135. The molecule has 1 aliphatic rings. The monoisotopic (exact) mass is 246 g/mol. The van der Waals surface area contributed by atoms with Crippen LogP contribution in [0.15, 0.2) is 24.3 Å². The first kappa shape index (κ1) is 11.7. The number of fused-ring (bicyclic) bond motifs is 3. The summed E-state index contributed by atoms with van der Waals surface area (Å²) in [6, 6.07) is 8.75. The maximum absolute atomic E-state index is 6.01. The number of hydrogen-bond donors (Lipinski definition) is 1. The standard InChI is InChI=1S/C14H19N3O/c1-10(16(2)3)14-13-11-6-4-5-7-12(11)15-17(13)8-9-18-14/h4-7,10,14H,8-9H2,1-3H3/p+1/t10-,14-/m1/s1. The molecule has 0 spiro atoms. The molecule has 2 heterocycles. The molecule has 4 nitrogen and oxygen atoms in total. The first-order chi connectivity index (χ1) is 8.68. The van der Waals surface area contributed by atoms with Crippen LogP contribution in [0.2, 0.25) is 0 Å². The fraction of sp³-hybridized carbons (Fsp3) is 0.500. The second-order valence-electron chi connectivity index (χ2n) is 5.28. The van der Waals surface area contributed by atoms with Crippen LogP contribution in [-0.4, -0.2) is 36.5 Å². The van der Waals surface area contributed by atoms with Crippen LogP contribution in [0.1, 0.15) is 18.7 Å². The lowest BCUT2D eigenvalue weighted by atomic mass is 10.0. The molecule has 0 fully saturated rings. The Morgan fingerprint density at radius 2 is 2.17 bits per heavy atom. The van der Waals surface area contributed by atoms with E-state index in [1.54, 1.807) is 0 Å². The van der Waals surface area contributed by atoms with Gasteiger partial charge in [0.15, 0.2) is 6.10 Å². The lowest BCUT2D eigenvalue weighted by Gasteiger charge is -2.30. The number of nitrogens with one attached hydrogen (secondary N) is 1. The molecule has 0 amide bonds. The third kappa shape index (κ3) is 1.72. The van der Waals surface area contributed by atoms with E-state index < -0.39 is 0 Å². The Kier molecular flexibility index (Phi) is 2.84. The van der Waals surface area contributed by atoms with Crippen molar-refractivity contribution in [3.8, 4) is 0 Å². The van der Waals surface area contributed by atoms with Crippen LogP contribution < -0.4 is 4.90 Å². The highest BCUT2D eigenvalue weighted by Crippen LogP contribution is 2.30. The summed E-state index contributed by atoms with van der Waals surface area (Å²) >= 11 is 0. The van der Waals surface area contributed by atoms with Gasteiger partial charge in [0, 0.05) is 5.39 Å². The van der Waals surface area contributed by atoms with E-state index in [1.807, 2.05) is 6.07 Å². The number of likely N-dealkylation sites (N-methyl/N-ethyl adjacent to an activating group) is 1. The summed E-state index contributed by atoms with van der Waals surface area (Å²) in [7, 11) is 4.34. The van der Waals surface area contributed by atoms with Crippen LogP contribution in [-0.2, 0) is 11.3 Å². The van der Waals surface area contributed by atoms with Crippen LogP contribution in [0.4, 0.5) is 0 Å². The quantitative estimate of drug-likeness (QED) is 0.843. The molecule has 0 saturated heterocycles. The largest absolute Gasteiger partial charge is 0.364 e. The Morgan fingerprint density at radius 1 is 1.39 bits per heavy atom. The summed E-state index contributed by atoms with van der Waals surface area (Å²) in [5, 5.41) is 5.90. The number of rotatable bonds is 2. The maximum Gasteiger partial charge on any atom is 0.151 e. The van der Waals surface area contributed by atoms with Crippen LogP contribution in [0, 0.1) is 0 Å². The van der Waals surface area contributed by atoms with Gasteiger partial charge in [-0.15, -0.1) is 0 Å². The molecular formula is C14H20N3O+. The molecule has 1 aliphatic heterocycles. The zero-order valence-corrected chi connectivity index (χ0v) is 11.2. The molecule has 1 aromatic carbocycles. The average Bonchev–Trinajstić information content (AvgIpc) is 2.76. The summed E-state index contributed by atoms with van der Waals surface area (Å²) in [6.45, 7) is 3.84. The third-order valence-electron chi connectivity index (χ3n) is 3.92. The van der Waals surface area contributed by atoms with Crippen molar-refractivity contribution in [2.24, 2.45) is 0 Å². The van der Waals surface area contributed by atoms with Gasteiger partial charge in [-0.1, -0.05) is 18.2 Å². The van der Waals surface area contributed by atoms with Crippen LogP contribution in [0.3, 0.4) is 0 Å². The zero-order chi connectivity index (χ0) is 12.7. The maximum atomic E-state index is 6.01. The van der Waals surface area contributed by atoms with Crippen molar-refractivity contribution in [2.75, 3.05) is 20.7 Å². The molecule has 1 aromatic heterocycles. The van der Waals surface area contributed by atoms with Crippen molar-refractivity contribution in [1.29, 1.82) is 0 Å². The number of aromatic nitrogens is 2. The molecule has 96 valence electrons. The van der Waals surface area contributed by atoms with E-state index in [0.717, 1.165) is 18.7 Å². The minimum atomic E-state index is 0.135. The van der Waals surface area contributed by atoms with Gasteiger partial charge in [-0.3, -0.25) is 4.68 Å². The van der Waals surface area contributed by atoms with Crippen molar-refractivity contribution in [2.45, 2.75) is 25.6 Å². The number of quaternary nitrogens is 1. The van der Waals surface area contributed by atoms with Crippen LogP contribution in [0.25, 0.3) is 10.9 Å². The van der Waals surface area contributed by atoms with Gasteiger partial charge in [-0.2, -0.15) is 5.10 Å². The second-order valence-corrected chi connectivity index (χ2v) is 5.28. The SMILES string of the molecule is C[C@H]([C@H]1OCCn2nc3ccccc3c21)[NH+](C)C.